The summed E-state index contributed by atoms with van der Waals surface area (Å²) in [7, 11) is 0. The van der Waals surface area contributed by atoms with Crippen LogP contribution >= 0.6 is 0 Å². The van der Waals surface area contributed by atoms with Crippen LogP contribution in [0.1, 0.15) is 18.5 Å². The molecule has 1 aliphatic rings. The minimum atomic E-state index is 0.235. The Labute approximate surface area is 89.3 Å². The molecule has 0 aromatic carbocycles. The zero-order chi connectivity index (χ0) is 10.7. The molecule has 4 nitrogen and oxygen atoms in total. The highest BCUT2D eigenvalue weighted by Crippen LogP contribution is 2.19. The van der Waals surface area contributed by atoms with Crippen LogP contribution in [0.25, 0.3) is 0 Å². The van der Waals surface area contributed by atoms with Crippen LogP contribution in [-0.4, -0.2) is 29.3 Å². The summed E-state index contributed by atoms with van der Waals surface area (Å²) in [5, 5.41) is 0. The monoisotopic (exact) mass is 205 g/mol. The molecule has 80 valence electrons. The average molecular weight is 205 g/mol. The van der Waals surface area contributed by atoms with Crippen LogP contribution in [-0.2, 0) is 4.79 Å². The summed E-state index contributed by atoms with van der Waals surface area (Å²) in [4.78, 5) is 21.4. The number of aromatic nitrogens is 2. The molecule has 1 fully saturated rings. The molecule has 1 saturated heterocycles. The summed E-state index contributed by atoms with van der Waals surface area (Å²) in [6, 6.07) is 0. The van der Waals surface area contributed by atoms with Crippen molar-refractivity contribution < 1.29 is 4.79 Å². The van der Waals surface area contributed by atoms with Crippen molar-refractivity contribution in [1.82, 2.24) is 9.97 Å². The molecule has 0 N–H and O–H groups in total. The third kappa shape index (κ3) is 2.32. The van der Waals surface area contributed by atoms with Crippen LogP contribution in [0.4, 0.5) is 5.82 Å². The number of aldehydes is 1. The van der Waals surface area contributed by atoms with E-state index in [1.54, 1.807) is 12.4 Å². The molecule has 0 aliphatic carbocycles. The summed E-state index contributed by atoms with van der Waals surface area (Å²) in [5.41, 5.74) is 0.935. The van der Waals surface area contributed by atoms with E-state index >= 15 is 0 Å². The zero-order valence-electron chi connectivity index (χ0n) is 8.89. The van der Waals surface area contributed by atoms with Crippen LogP contribution in [0.2, 0.25) is 0 Å². The fraction of sp³-hybridized carbons (Fsp3) is 0.545. The summed E-state index contributed by atoms with van der Waals surface area (Å²) >= 11 is 0. The molecule has 1 aromatic rings. The molecule has 2 heterocycles. The number of piperidine rings is 1. The van der Waals surface area contributed by atoms with Gasteiger partial charge in [0.05, 0.1) is 11.9 Å². The van der Waals surface area contributed by atoms with E-state index in [4.69, 9.17) is 0 Å². The Morgan fingerprint density at radius 2 is 2.13 bits per heavy atom. The lowest BCUT2D eigenvalue weighted by atomic mass is 9.99. The van der Waals surface area contributed by atoms with Crippen molar-refractivity contribution in [3.8, 4) is 0 Å². The van der Waals surface area contributed by atoms with Gasteiger partial charge < -0.3 is 9.69 Å². The van der Waals surface area contributed by atoms with E-state index in [0.717, 1.165) is 43.7 Å². The number of hydrogen-bond donors (Lipinski definition) is 0. The van der Waals surface area contributed by atoms with Gasteiger partial charge in [-0.25, -0.2) is 4.98 Å². The first-order valence-electron chi connectivity index (χ1n) is 5.28. The Kier molecular flexibility index (Phi) is 2.94. The van der Waals surface area contributed by atoms with Gasteiger partial charge in [0, 0.05) is 25.2 Å². The maximum atomic E-state index is 10.6. The summed E-state index contributed by atoms with van der Waals surface area (Å²) in [6.45, 7) is 3.75. The van der Waals surface area contributed by atoms with E-state index in [0.29, 0.717) is 0 Å². The normalized spacial score (nSPS) is 17.8. The second-order valence-electron chi connectivity index (χ2n) is 3.98. The number of nitrogens with zero attached hydrogens (tertiary/aromatic N) is 3. The standard InChI is InChI=1S/C11H15N3O/c1-9-6-12-7-11(13-9)14-4-2-10(8-15)3-5-14/h6-8,10H,2-5H2,1H3. The maximum absolute atomic E-state index is 10.6. The molecule has 0 saturated carbocycles. The van der Waals surface area contributed by atoms with Gasteiger partial charge in [0.15, 0.2) is 0 Å². The number of rotatable bonds is 2. The molecule has 0 atom stereocenters. The lowest BCUT2D eigenvalue weighted by molar-refractivity contribution is -0.111. The fourth-order valence-electron chi connectivity index (χ4n) is 1.87. The van der Waals surface area contributed by atoms with Gasteiger partial charge in [0.25, 0.3) is 0 Å². The first kappa shape index (κ1) is 10.1. The van der Waals surface area contributed by atoms with Crippen LogP contribution < -0.4 is 4.90 Å². The van der Waals surface area contributed by atoms with Crippen molar-refractivity contribution in [2.75, 3.05) is 18.0 Å². The van der Waals surface area contributed by atoms with Crippen molar-refractivity contribution in [1.29, 1.82) is 0 Å². The highest BCUT2D eigenvalue weighted by Gasteiger charge is 2.19. The first-order valence-corrected chi connectivity index (χ1v) is 5.28. The molecule has 1 aliphatic heterocycles. The second-order valence-corrected chi connectivity index (χ2v) is 3.98. The summed E-state index contributed by atoms with van der Waals surface area (Å²) in [6.07, 6.45) is 6.47. The highest BCUT2D eigenvalue weighted by atomic mass is 16.1. The third-order valence-electron chi connectivity index (χ3n) is 2.80. The number of hydrogen-bond acceptors (Lipinski definition) is 4. The number of anilines is 1. The zero-order valence-corrected chi connectivity index (χ0v) is 8.89. The predicted octanol–water partition coefficient (Wildman–Crippen LogP) is 1.20. The average Bonchev–Trinajstić information content (AvgIpc) is 2.29. The molecule has 2 rings (SSSR count). The van der Waals surface area contributed by atoms with Gasteiger partial charge in [-0.05, 0) is 19.8 Å². The molecule has 0 spiro atoms. The van der Waals surface area contributed by atoms with Crippen LogP contribution in [0.3, 0.4) is 0 Å². The molecule has 0 amide bonds. The number of carbonyl (C=O) groups is 1. The van der Waals surface area contributed by atoms with E-state index in [-0.39, 0.29) is 5.92 Å². The third-order valence-corrected chi connectivity index (χ3v) is 2.80. The quantitative estimate of drug-likeness (QED) is 0.681. The van der Waals surface area contributed by atoms with Crippen LogP contribution in [0, 0.1) is 12.8 Å². The largest absolute Gasteiger partial charge is 0.355 e. The maximum Gasteiger partial charge on any atom is 0.147 e. The smallest absolute Gasteiger partial charge is 0.147 e. The van der Waals surface area contributed by atoms with Gasteiger partial charge in [-0.15, -0.1) is 0 Å². The Balaban J connectivity index is 2.04. The van der Waals surface area contributed by atoms with Gasteiger partial charge in [-0.3, -0.25) is 4.98 Å². The summed E-state index contributed by atoms with van der Waals surface area (Å²) in [5.74, 6) is 1.17. The molecule has 0 unspecified atom stereocenters. The lowest BCUT2D eigenvalue weighted by Gasteiger charge is -2.30. The van der Waals surface area contributed by atoms with Gasteiger partial charge in [-0.2, -0.15) is 0 Å². The molecule has 15 heavy (non-hydrogen) atoms. The first-order chi connectivity index (χ1) is 7.29. The van der Waals surface area contributed by atoms with E-state index in [1.807, 2.05) is 6.92 Å². The van der Waals surface area contributed by atoms with E-state index in [1.165, 1.54) is 0 Å². The Morgan fingerprint density at radius 3 is 2.73 bits per heavy atom. The Hall–Kier alpha value is -1.45. The Morgan fingerprint density at radius 1 is 1.40 bits per heavy atom. The van der Waals surface area contributed by atoms with Crippen molar-refractivity contribution in [2.24, 2.45) is 5.92 Å². The minimum absolute atomic E-state index is 0.235. The van der Waals surface area contributed by atoms with Crippen molar-refractivity contribution in [3.05, 3.63) is 18.1 Å². The summed E-state index contributed by atoms with van der Waals surface area (Å²) < 4.78 is 0. The predicted molar refractivity (Wildman–Crippen MR) is 57.8 cm³/mol. The van der Waals surface area contributed by atoms with Gasteiger partial charge >= 0.3 is 0 Å². The SMILES string of the molecule is Cc1cncc(N2CCC(C=O)CC2)n1. The van der Waals surface area contributed by atoms with Crippen molar-refractivity contribution in [3.63, 3.8) is 0 Å². The van der Waals surface area contributed by atoms with Gasteiger partial charge in [-0.1, -0.05) is 0 Å². The molecular formula is C11H15N3O. The lowest BCUT2D eigenvalue weighted by Crippen LogP contribution is -2.34. The molecule has 0 radical (unpaired) electrons. The Bertz CT molecular complexity index is 345. The molecule has 1 aromatic heterocycles. The topological polar surface area (TPSA) is 46.1 Å². The fourth-order valence-corrected chi connectivity index (χ4v) is 1.87. The minimum Gasteiger partial charge on any atom is -0.355 e. The highest BCUT2D eigenvalue weighted by molar-refractivity contribution is 5.54. The van der Waals surface area contributed by atoms with Crippen molar-refractivity contribution in [2.45, 2.75) is 19.8 Å². The van der Waals surface area contributed by atoms with E-state index < -0.39 is 0 Å². The van der Waals surface area contributed by atoms with E-state index in [9.17, 15) is 4.79 Å². The molecule has 0 bridgehead atoms. The van der Waals surface area contributed by atoms with Crippen LogP contribution in [0.5, 0.6) is 0 Å². The molecule has 4 heteroatoms. The van der Waals surface area contributed by atoms with Gasteiger partial charge in [0.2, 0.25) is 0 Å². The molecular weight excluding hydrogens is 190 g/mol. The van der Waals surface area contributed by atoms with Crippen LogP contribution in [0.15, 0.2) is 12.4 Å². The number of carbonyl (C=O) groups excluding carboxylic acids is 1. The second kappa shape index (κ2) is 4.38. The van der Waals surface area contributed by atoms with Crippen molar-refractivity contribution >= 4 is 12.1 Å². The number of aryl methyl sites for hydroxylation is 1. The van der Waals surface area contributed by atoms with E-state index in [2.05, 4.69) is 14.9 Å². The van der Waals surface area contributed by atoms with Gasteiger partial charge in [0.1, 0.15) is 12.1 Å².